The minimum atomic E-state index is -4.47. The first-order chi connectivity index (χ1) is 13.0. The van der Waals surface area contributed by atoms with Gasteiger partial charge in [-0.1, -0.05) is 0 Å². The number of rotatable bonds is 5. The van der Waals surface area contributed by atoms with Crippen molar-refractivity contribution in [2.24, 2.45) is 0 Å². The number of hydrogen-bond acceptors (Lipinski definition) is 4. The number of nitrogens with zero attached hydrogens (tertiary/aromatic N) is 3. The summed E-state index contributed by atoms with van der Waals surface area (Å²) in [4.78, 5) is 8.15. The highest BCUT2D eigenvalue weighted by atomic mass is 79.9. The summed E-state index contributed by atoms with van der Waals surface area (Å²) >= 11 is 3.17. The number of sulfonamides is 1. The number of nitrogens with one attached hydrogen (secondary N) is 1. The van der Waals surface area contributed by atoms with Crippen LogP contribution in [0, 0.1) is 0 Å². The van der Waals surface area contributed by atoms with Crippen molar-refractivity contribution in [2.45, 2.75) is 37.5 Å². The number of aryl methyl sites for hydroxylation is 1. The van der Waals surface area contributed by atoms with Gasteiger partial charge >= 0.3 is 6.18 Å². The second-order valence-corrected chi connectivity index (χ2v) is 8.73. The molecule has 0 spiro atoms. The van der Waals surface area contributed by atoms with Crippen LogP contribution in [0.2, 0.25) is 0 Å². The number of fused-ring (bicyclic) bond motifs is 1. The molecule has 0 aliphatic carbocycles. The minimum Gasteiger partial charge on any atom is -0.327 e. The van der Waals surface area contributed by atoms with E-state index in [1.54, 1.807) is 18.4 Å². The van der Waals surface area contributed by atoms with Crippen LogP contribution in [0.5, 0.6) is 0 Å². The molecule has 0 fully saturated rings. The van der Waals surface area contributed by atoms with Gasteiger partial charge < -0.3 is 4.57 Å². The first-order valence-corrected chi connectivity index (χ1v) is 10.5. The van der Waals surface area contributed by atoms with Gasteiger partial charge in [0.25, 0.3) is 0 Å². The Labute approximate surface area is 168 Å². The Balaban J connectivity index is 2.00. The van der Waals surface area contributed by atoms with Gasteiger partial charge in [0.15, 0.2) is 0 Å². The van der Waals surface area contributed by atoms with Crippen molar-refractivity contribution < 1.29 is 21.6 Å². The van der Waals surface area contributed by atoms with Crippen LogP contribution in [0.4, 0.5) is 13.2 Å². The number of alkyl halides is 3. The van der Waals surface area contributed by atoms with Crippen molar-refractivity contribution in [1.82, 2.24) is 19.3 Å². The molecule has 2 aromatic heterocycles. The van der Waals surface area contributed by atoms with Crippen molar-refractivity contribution in [3.63, 3.8) is 0 Å². The molecule has 0 aliphatic rings. The standard InChI is InChI=1S/C17H16BrF3N4O2S/c1-3-25-15-6-11(17(19,20)21)4-5-14(15)23-16(25)10(2)24-28(26,27)13-7-12(18)8-22-9-13/h4-10,24H,3H2,1-2H3. The van der Waals surface area contributed by atoms with E-state index >= 15 is 0 Å². The molecule has 1 unspecified atom stereocenters. The van der Waals surface area contributed by atoms with E-state index < -0.39 is 27.8 Å². The molecule has 1 aromatic carbocycles. The summed E-state index contributed by atoms with van der Waals surface area (Å²) in [5.74, 6) is 0.323. The maximum absolute atomic E-state index is 13.0. The highest BCUT2D eigenvalue weighted by Crippen LogP contribution is 2.32. The third kappa shape index (κ3) is 4.06. The zero-order chi connectivity index (χ0) is 20.7. The van der Waals surface area contributed by atoms with Crippen LogP contribution < -0.4 is 4.72 Å². The third-order valence-electron chi connectivity index (χ3n) is 4.13. The van der Waals surface area contributed by atoms with Crippen LogP contribution in [0.3, 0.4) is 0 Å². The Morgan fingerprint density at radius 2 is 1.96 bits per heavy atom. The summed E-state index contributed by atoms with van der Waals surface area (Å²) in [6.07, 6.45) is -1.81. The fourth-order valence-corrected chi connectivity index (χ4v) is 4.58. The Kier molecular flexibility index (Phi) is 5.52. The zero-order valence-corrected chi connectivity index (χ0v) is 17.2. The van der Waals surface area contributed by atoms with Crippen LogP contribution >= 0.6 is 15.9 Å². The normalized spacial score (nSPS) is 13.8. The van der Waals surface area contributed by atoms with E-state index in [0.717, 1.165) is 12.1 Å². The van der Waals surface area contributed by atoms with E-state index in [4.69, 9.17) is 0 Å². The van der Waals surface area contributed by atoms with E-state index in [-0.39, 0.29) is 4.90 Å². The Hall–Kier alpha value is -1.98. The number of hydrogen-bond donors (Lipinski definition) is 1. The van der Waals surface area contributed by atoms with Gasteiger partial charge in [-0.15, -0.1) is 0 Å². The summed E-state index contributed by atoms with van der Waals surface area (Å²) in [5, 5.41) is 0. The molecule has 0 saturated heterocycles. The Bertz CT molecular complexity index is 1130. The van der Waals surface area contributed by atoms with Gasteiger partial charge in [-0.25, -0.2) is 18.1 Å². The molecule has 0 bridgehead atoms. The SMILES string of the molecule is CCn1c(C(C)NS(=O)(=O)c2cncc(Br)c2)nc2ccc(C(F)(F)F)cc21. The van der Waals surface area contributed by atoms with Crippen molar-refractivity contribution in [3.8, 4) is 0 Å². The summed E-state index contributed by atoms with van der Waals surface area (Å²) in [6.45, 7) is 3.67. The first kappa shape index (κ1) is 20.7. The maximum atomic E-state index is 13.0. The Morgan fingerprint density at radius 3 is 2.57 bits per heavy atom. The second-order valence-electron chi connectivity index (χ2n) is 6.10. The summed E-state index contributed by atoms with van der Waals surface area (Å²) in [5.41, 5.74) is -0.128. The molecule has 150 valence electrons. The first-order valence-electron chi connectivity index (χ1n) is 8.23. The number of aromatic nitrogens is 3. The molecular weight excluding hydrogens is 461 g/mol. The highest BCUT2D eigenvalue weighted by Gasteiger charge is 2.31. The van der Waals surface area contributed by atoms with Gasteiger partial charge in [-0.2, -0.15) is 13.2 Å². The van der Waals surface area contributed by atoms with Gasteiger partial charge in [0.05, 0.1) is 22.6 Å². The quantitative estimate of drug-likeness (QED) is 0.596. The summed E-state index contributed by atoms with van der Waals surface area (Å²) in [7, 11) is -3.90. The van der Waals surface area contributed by atoms with Crippen molar-refractivity contribution in [3.05, 3.63) is 52.5 Å². The molecule has 3 aromatic rings. The number of pyridine rings is 1. The highest BCUT2D eigenvalue weighted by molar-refractivity contribution is 9.10. The fourth-order valence-electron chi connectivity index (χ4n) is 2.87. The predicted octanol–water partition coefficient (Wildman–Crippen LogP) is 4.27. The number of benzene rings is 1. The average Bonchev–Trinajstić information content (AvgIpc) is 2.98. The molecule has 28 heavy (non-hydrogen) atoms. The predicted molar refractivity (Wildman–Crippen MR) is 101 cm³/mol. The second kappa shape index (κ2) is 7.45. The molecule has 1 atom stereocenters. The average molecular weight is 477 g/mol. The van der Waals surface area contributed by atoms with Gasteiger partial charge in [-0.05, 0) is 54.0 Å². The van der Waals surface area contributed by atoms with Gasteiger partial charge in [0.1, 0.15) is 10.7 Å². The van der Waals surface area contributed by atoms with Crippen LogP contribution in [0.25, 0.3) is 11.0 Å². The lowest BCUT2D eigenvalue weighted by molar-refractivity contribution is -0.137. The lowest BCUT2D eigenvalue weighted by Gasteiger charge is -2.16. The van der Waals surface area contributed by atoms with Crippen molar-refractivity contribution >= 4 is 37.0 Å². The van der Waals surface area contributed by atoms with E-state index in [9.17, 15) is 21.6 Å². The van der Waals surface area contributed by atoms with E-state index in [2.05, 4.69) is 30.6 Å². The molecule has 2 heterocycles. The van der Waals surface area contributed by atoms with E-state index in [0.29, 0.717) is 27.9 Å². The zero-order valence-electron chi connectivity index (χ0n) is 14.8. The van der Waals surface area contributed by atoms with Gasteiger partial charge in [-0.3, -0.25) is 4.98 Å². The van der Waals surface area contributed by atoms with Crippen LogP contribution in [-0.4, -0.2) is 23.0 Å². The number of imidazole rings is 1. The fraction of sp³-hybridized carbons (Fsp3) is 0.294. The van der Waals surface area contributed by atoms with Crippen LogP contribution in [0.1, 0.15) is 31.3 Å². The van der Waals surface area contributed by atoms with Crippen molar-refractivity contribution in [1.29, 1.82) is 0 Å². The summed E-state index contributed by atoms with van der Waals surface area (Å²) in [6, 6.07) is 3.90. The molecular formula is C17H16BrF3N4O2S. The Morgan fingerprint density at radius 1 is 1.25 bits per heavy atom. The molecule has 11 heteroatoms. The van der Waals surface area contributed by atoms with Gasteiger partial charge in [0, 0.05) is 23.4 Å². The lowest BCUT2D eigenvalue weighted by atomic mass is 10.2. The van der Waals surface area contributed by atoms with Crippen LogP contribution in [-0.2, 0) is 22.7 Å². The van der Waals surface area contributed by atoms with E-state index in [1.807, 2.05) is 0 Å². The molecule has 0 amide bonds. The maximum Gasteiger partial charge on any atom is 0.416 e. The monoisotopic (exact) mass is 476 g/mol. The number of halogens is 4. The smallest absolute Gasteiger partial charge is 0.327 e. The molecule has 0 radical (unpaired) electrons. The molecule has 1 N–H and O–H groups in total. The topological polar surface area (TPSA) is 76.9 Å². The van der Waals surface area contributed by atoms with Crippen molar-refractivity contribution in [2.75, 3.05) is 0 Å². The summed E-state index contributed by atoms with van der Waals surface area (Å²) < 4.78 is 68.9. The molecule has 3 rings (SSSR count). The minimum absolute atomic E-state index is 0.0350. The molecule has 0 aliphatic heterocycles. The van der Waals surface area contributed by atoms with E-state index in [1.165, 1.54) is 24.5 Å². The largest absolute Gasteiger partial charge is 0.416 e. The molecule has 6 nitrogen and oxygen atoms in total. The van der Waals surface area contributed by atoms with Gasteiger partial charge in [0.2, 0.25) is 10.0 Å². The van der Waals surface area contributed by atoms with Crippen LogP contribution in [0.15, 0.2) is 46.0 Å². The molecule has 0 saturated carbocycles. The third-order valence-corrected chi connectivity index (χ3v) is 6.07. The lowest BCUT2D eigenvalue weighted by Crippen LogP contribution is -2.29.